The third-order valence-electron chi connectivity index (χ3n) is 3.50. The quantitative estimate of drug-likeness (QED) is 0.419. The summed E-state index contributed by atoms with van der Waals surface area (Å²) in [5.41, 5.74) is 0. The molecule has 3 atom stereocenters. The molecule has 0 aliphatic heterocycles. The van der Waals surface area contributed by atoms with Crippen molar-refractivity contribution >= 4 is 8.32 Å². The van der Waals surface area contributed by atoms with Crippen molar-refractivity contribution in [3.63, 3.8) is 0 Å². The average Bonchev–Trinajstić information content (AvgIpc) is 2.84. The number of rotatable bonds is 5. The lowest BCUT2D eigenvalue weighted by molar-refractivity contribution is 0.0707. The summed E-state index contributed by atoms with van der Waals surface area (Å²) in [6.07, 6.45) is 9.33. The standard InChI is InChI=1S/C14H24O2Si/c1-5-14(16-17(2,3)4)15-10-13-9-11-6-7-12(13)8-11/h5-7,11-13H,8-10H2,1-4H3/b14-5+. The Morgan fingerprint density at radius 1 is 1.29 bits per heavy atom. The van der Waals surface area contributed by atoms with Gasteiger partial charge < -0.3 is 9.16 Å². The predicted octanol–water partition coefficient (Wildman–Crippen LogP) is 3.93. The van der Waals surface area contributed by atoms with Gasteiger partial charge in [-0.05, 0) is 63.2 Å². The van der Waals surface area contributed by atoms with Crippen molar-refractivity contribution in [3.8, 4) is 0 Å². The molecular weight excluding hydrogens is 228 g/mol. The smallest absolute Gasteiger partial charge is 0.260 e. The van der Waals surface area contributed by atoms with Gasteiger partial charge in [-0.15, -0.1) is 0 Å². The summed E-state index contributed by atoms with van der Waals surface area (Å²) in [4.78, 5) is 0. The van der Waals surface area contributed by atoms with E-state index < -0.39 is 8.32 Å². The van der Waals surface area contributed by atoms with E-state index in [4.69, 9.17) is 9.16 Å². The summed E-state index contributed by atoms with van der Waals surface area (Å²) in [6, 6.07) is 0. The molecule has 2 rings (SSSR count). The van der Waals surface area contributed by atoms with E-state index >= 15 is 0 Å². The van der Waals surface area contributed by atoms with Crippen LogP contribution >= 0.6 is 0 Å². The number of hydrogen-bond donors (Lipinski definition) is 0. The Labute approximate surface area is 106 Å². The van der Waals surface area contributed by atoms with E-state index in [1.807, 2.05) is 13.0 Å². The maximum absolute atomic E-state index is 5.89. The third kappa shape index (κ3) is 3.38. The van der Waals surface area contributed by atoms with Gasteiger partial charge >= 0.3 is 0 Å². The summed E-state index contributed by atoms with van der Waals surface area (Å²) in [7, 11) is -1.54. The van der Waals surface area contributed by atoms with Gasteiger partial charge in [0.05, 0.1) is 6.61 Å². The highest BCUT2D eigenvalue weighted by Crippen LogP contribution is 2.43. The van der Waals surface area contributed by atoms with E-state index in [-0.39, 0.29) is 0 Å². The molecule has 0 aromatic carbocycles. The molecule has 0 amide bonds. The lowest BCUT2D eigenvalue weighted by Gasteiger charge is -2.24. The first-order valence-electron chi connectivity index (χ1n) is 6.64. The maximum atomic E-state index is 5.89. The highest BCUT2D eigenvalue weighted by Gasteiger charge is 2.36. The summed E-state index contributed by atoms with van der Waals surface area (Å²) in [6.45, 7) is 9.34. The molecule has 2 bridgehead atoms. The van der Waals surface area contributed by atoms with Crippen LogP contribution in [0.25, 0.3) is 0 Å². The van der Waals surface area contributed by atoms with E-state index in [0.717, 1.165) is 24.4 Å². The van der Waals surface area contributed by atoms with E-state index in [2.05, 4.69) is 31.8 Å². The second kappa shape index (κ2) is 4.89. The molecular formula is C14H24O2Si. The van der Waals surface area contributed by atoms with Gasteiger partial charge in [0.2, 0.25) is 8.32 Å². The summed E-state index contributed by atoms with van der Waals surface area (Å²) >= 11 is 0. The molecule has 0 radical (unpaired) electrons. The van der Waals surface area contributed by atoms with Crippen LogP contribution in [0.3, 0.4) is 0 Å². The van der Waals surface area contributed by atoms with Gasteiger partial charge in [0.1, 0.15) is 0 Å². The zero-order valence-electron chi connectivity index (χ0n) is 11.4. The van der Waals surface area contributed by atoms with Crippen LogP contribution in [0.1, 0.15) is 19.8 Å². The largest absolute Gasteiger partial charge is 0.520 e. The van der Waals surface area contributed by atoms with Crippen LogP contribution < -0.4 is 0 Å². The zero-order chi connectivity index (χ0) is 12.5. The van der Waals surface area contributed by atoms with Crippen molar-refractivity contribution in [1.29, 1.82) is 0 Å². The molecule has 1 saturated carbocycles. The van der Waals surface area contributed by atoms with Crippen LogP contribution in [0.4, 0.5) is 0 Å². The summed E-state index contributed by atoms with van der Waals surface area (Å²) in [5, 5.41) is 0. The Morgan fingerprint density at radius 3 is 2.53 bits per heavy atom. The average molecular weight is 252 g/mol. The molecule has 17 heavy (non-hydrogen) atoms. The molecule has 1 fully saturated rings. The fraction of sp³-hybridized carbons (Fsp3) is 0.714. The van der Waals surface area contributed by atoms with Crippen LogP contribution in [0, 0.1) is 17.8 Å². The molecule has 0 N–H and O–H groups in total. The molecule has 0 heterocycles. The van der Waals surface area contributed by atoms with Crippen molar-refractivity contribution < 1.29 is 9.16 Å². The SMILES string of the molecule is C/C=C(\OCC1CC2C=CC1C2)O[Si](C)(C)C. The molecule has 0 spiro atoms. The lowest BCUT2D eigenvalue weighted by atomic mass is 9.95. The van der Waals surface area contributed by atoms with Gasteiger partial charge in [-0.25, -0.2) is 0 Å². The first-order valence-corrected chi connectivity index (χ1v) is 10.0. The number of ether oxygens (including phenoxy) is 1. The Hall–Kier alpha value is -0.703. The van der Waals surface area contributed by atoms with E-state index in [9.17, 15) is 0 Å². The molecule has 0 saturated heterocycles. The zero-order valence-corrected chi connectivity index (χ0v) is 12.4. The fourth-order valence-corrected chi connectivity index (χ4v) is 3.53. The number of fused-ring (bicyclic) bond motifs is 2. The Bertz CT molecular complexity index is 328. The monoisotopic (exact) mass is 252 g/mol. The van der Waals surface area contributed by atoms with Gasteiger partial charge in [0.25, 0.3) is 5.95 Å². The van der Waals surface area contributed by atoms with Crippen molar-refractivity contribution in [2.24, 2.45) is 17.8 Å². The van der Waals surface area contributed by atoms with Gasteiger partial charge in [-0.2, -0.15) is 0 Å². The van der Waals surface area contributed by atoms with Crippen molar-refractivity contribution in [2.45, 2.75) is 39.4 Å². The molecule has 2 aliphatic rings. The topological polar surface area (TPSA) is 18.5 Å². The Morgan fingerprint density at radius 2 is 2.06 bits per heavy atom. The Balaban J connectivity index is 1.79. The second-order valence-electron chi connectivity index (χ2n) is 6.17. The lowest BCUT2D eigenvalue weighted by Crippen LogP contribution is -2.26. The van der Waals surface area contributed by atoms with Crippen molar-refractivity contribution in [3.05, 3.63) is 24.2 Å². The van der Waals surface area contributed by atoms with E-state index in [1.165, 1.54) is 12.8 Å². The second-order valence-corrected chi connectivity index (χ2v) is 10.6. The van der Waals surface area contributed by atoms with E-state index in [0.29, 0.717) is 5.92 Å². The Kier molecular flexibility index (Phi) is 3.66. The first-order chi connectivity index (χ1) is 7.98. The number of hydrogen-bond acceptors (Lipinski definition) is 2. The summed E-state index contributed by atoms with van der Waals surface area (Å²) in [5.74, 6) is 3.01. The van der Waals surface area contributed by atoms with E-state index in [1.54, 1.807) is 0 Å². The van der Waals surface area contributed by atoms with Crippen LogP contribution in [0.5, 0.6) is 0 Å². The molecule has 0 aromatic rings. The highest BCUT2D eigenvalue weighted by atomic mass is 28.4. The maximum Gasteiger partial charge on any atom is 0.260 e. The molecule has 3 heteroatoms. The van der Waals surface area contributed by atoms with Crippen molar-refractivity contribution in [2.75, 3.05) is 6.61 Å². The normalized spacial score (nSPS) is 32.0. The van der Waals surface area contributed by atoms with Crippen LogP contribution in [0.2, 0.25) is 19.6 Å². The fourth-order valence-electron chi connectivity index (χ4n) is 2.75. The minimum atomic E-state index is -1.54. The minimum Gasteiger partial charge on any atom is -0.520 e. The van der Waals surface area contributed by atoms with Gasteiger partial charge in [0, 0.05) is 0 Å². The van der Waals surface area contributed by atoms with Crippen LogP contribution in [-0.2, 0) is 9.16 Å². The predicted molar refractivity (Wildman–Crippen MR) is 73.0 cm³/mol. The van der Waals surface area contributed by atoms with Crippen molar-refractivity contribution in [1.82, 2.24) is 0 Å². The molecule has 2 aliphatic carbocycles. The van der Waals surface area contributed by atoms with Gasteiger partial charge in [-0.1, -0.05) is 12.2 Å². The molecule has 2 nitrogen and oxygen atoms in total. The van der Waals surface area contributed by atoms with Crippen LogP contribution in [-0.4, -0.2) is 14.9 Å². The third-order valence-corrected chi connectivity index (χ3v) is 4.31. The molecule has 0 aromatic heterocycles. The first kappa shape index (κ1) is 12.7. The van der Waals surface area contributed by atoms with Gasteiger partial charge in [0.15, 0.2) is 0 Å². The molecule has 3 unspecified atom stereocenters. The number of allylic oxidation sites excluding steroid dienone is 3. The van der Waals surface area contributed by atoms with Gasteiger partial charge in [-0.3, -0.25) is 0 Å². The van der Waals surface area contributed by atoms with Crippen LogP contribution in [0.15, 0.2) is 24.2 Å². The summed E-state index contributed by atoms with van der Waals surface area (Å²) < 4.78 is 11.7. The minimum absolute atomic E-state index is 0.699. The molecule has 96 valence electrons. The highest BCUT2D eigenvalue weighted by molar-refractivity contribution is 6.69.